The van der Waals surface area contributed by atoms with Gasteiger partial charge in [0.05, 0.1) is 12.3 Å². The lowest BCUT2D eigenvalue weighted by Gasteiger charge is -2.24. The van der Waals surface area contributed by atoms with E-state index in [-0.39, 0.29) is 6.61 Å². The number of ether oxygens (including phenoxy) is 1. The van der Waals surface area contributed by atoms with E-state index in [1.807, 2.05) is 66.7 Å². The second kappa shape index (κ2) is 11.8. The minimum atomic E-state index is -0.965. The van der Waals surface area contributed by atoms with Crippen molar-refractivity contribution in [3.63, 3.8) is 0 Å². The molecule has 0 saturated carbocycles. The Labute approximate surface area is 199 Å². The molecule has 0 bridgehead atoms. The van der Waals surface area contributed by atoms with Crippen LogP contribution in [0.3, 0.4) is 0 Å². The highest BCUT2D eigenvalue weighted by Crippen LogP contribution is 2.32. The summed E-state index contributed by atoms with van der Waals surface area (Å²) in [5, 5.41) is 8.88. The van der Waals surface area contributed by atoms with E-state index in [4.69, 9.17) is 14.7 Å². The topological polar surface area (TPSA) is 80.7 Å². The Hall–Kier alpha value is -3.90. The Kier molecular flexibility index (Phi) is 8.08. The predicted molar refractivity (Wildman–Crippen MR) is 132 cm³/mol. The summed E-state index contributed by atoms with van der Waals surface area (Å²) < 4.78 is 5.46. The van der Waals surface area contributed by atoms with Gasteiger partial charge in [0.15, 0.2) is 6.61 Å². The van der Waals surface area contributed by atoms with E-state index in [2.05, 4.69) is 22.6 Å². The number of aromatic nitrogens is 1. The average Bonchev–Trinajstić information content (AvgIpc) is 2.87. The first-order valence-corrected chi connectivity index (χ1v) is 11.4. The molecule has 34 heavy (non-hydrogen) atoms. The van der Waals surface area contributed by atoms with Crippen molar-refractivity contribution in [2.45, 2.75) is 19.3 Å². The summed E-state index contributed by atoms with van der Waals surface area (Å²) in [6, 6.07) is 19.8. The molecule has 6 heteroatoms. The van der Waals surface area contributed by atoms with E-state index in [0.29, 0.717) is 18.3 Å². The van der Waals surface area contributed by atoms with Gasteiger partial charge in [0.1, 0.15) is 5.75 Å². The number of nitrogens with one attached hydrogen (secondary N) is 1. The van der Waals surface area contributed by atoms with Gasteiger partial charge in [0, 0.05) is 18.0 Å². The molecule has 0 spiro atoms. The van der Waals surface area contributed by atoms with Gasteiger partial charge in [0.25, 0.3) is 0 Å². The number of allylic oxidation sites excluding steroid dienone is 1. The van der Waals surface area contributed by atoms with E-state index in [0.717, 1.165) is 41.6 Å². The van der Waals surface area contributed by atoms with Crippen molar-refractivity contribution >= 4 is 17.7 Å². The lowest BCUT2D eigenvalue weighted by Crippen LogP contribution is -2.16. The molecule has 0 fully saturated rings. The molecule has 1 aliphatic rings. The number of nitrogens with zero attached hydrogens (tertiary/aromatic N) is 1. The fourth-order valence-electron chi connectivity index (χ4n) is 4.06. The van der Waals surface area contributed by atoms with Crippen molar-refractivity contribution in [1.29, 1.82) is 0 Å². The fraction of sp³-hybridized carbons (Fsp3) is 0.214. The Morgan fingerprint density at radius 2 is 2.00 bits per heavy atom. The van der Waals surface area contributed by atoms with Gasteiger partial charge in [-0.15, -0.1) is 0 Å². The van der Waals surface area contributed by atoms with Gasteiger partial charge in [-0.05, 0) is 66.1 Å². The number of carboxylic acid groups (broad SMARTS) is 1. The van der Waals surface area contributed by atoms with Crippen molar-refractivity contribution in [1.82, 2.24) is 10.5 Å². The monoisotopic (exact) mass is 456 g/mol. The molecule has 174 valence electrons. The second-order valence-electron chi connectivity index (χ2n) is 8.13. The van der Waals surface area contributed by atoms with E-state index >= 15 is 0 Å². The van der Waals surface area contributed by atoms with Gasteiger partial charge in [-0.2, -0.15) is 0 Å². The highest BCUT2D eigenvalue weighted by atomic mass is 16.6. The maximum Gasteiger partial charge on any atom is 0.341 e. The Balaban J connectivity index is 1.32. The standard InChI is InChI=1S/C28H28N2O4/c31-28(32)20-33-27-12-4-10-23-17-22(13-14-25(23)27)9-6-16-34-30-26(24-11-5-15-29-19-24)18-21-7-2-1-3-8-21/h1-12,15,18-19,22,30H,13-14,16-17,20H2,(H,31,32). The van der Waals surface area contributed by atoms with Gasteiger partial charge in [0.2, 0.25) is 0 Å². The molecule has 0 radical (unpaired) electrons. The normalized spacial score (nSPS) is 15.6. The zero-order chi connectivity index (χ0) is 23.6. The number of pyridine rings is 1. The van der Waals surface area contributed by atoms with Crippen LogP contribution in [0.2, 0.25) is 0 Å². The fourth-order valence-corrected chi connectivity index (χ4v) is 4.06. The summed E-state index contributed by atoms with van der Waals surface area (Å²) in [4.78, 5) is 20.8. The zero-order valence-corrected chi connectivity index (χ0v) is 18.9. The molecule has 0 amide bonds. The molecule has 1 aromatic heterocycles. The quantitative estimate of drug-likeness (QED) is 0.256. The van der Waals surface area contributed by atoms with Crippen LogP contribution in [0.1, 0.15) is 28.7 Å². The smallest absolute Gasteiger partial charge is 0.341 e. The number of carboxylic acids is 1. The molecule has 6 nitrogen and oxygen atoms in total. The van der Waals surface area contributed by atoms with Crippen molar-refractivity contribution < 1.29 is 19.5 Å². The Morgan fingerprint density at radius 1 is 1.12 bits per heavy atom. The third-order valence-electron chi connectivity index (χ3n) is 5.68. The van der Waals surface area contributed by atoms with Crippen LogP contribution in [-0.2, 0) is 22.5 Å². The molecular weight excluding hydrogens is 428 g/mol. The summed E-state index contributed by atoms with van der Waals surface area (Å²) in [6.07, 6.45) is 12.6. The number of hydrogen-bond acceptors (Lipinski definition) is 5. The highest BCUT2D eigenvalue weighted by molar-refractivity contribution is 5.79. The molecule has 1 unspecified atom stereocenters. The van der Waals surface area contributed by atoms with Gasteiger partial charge in [-0.1, -0.05) is 54.6 Å². The lowest BCUT2D eigenvalue weighted by molar-refractivity contribution is -0.139. The molecule has 1 atom stereocenters. The molecule has 3 aromatic rings. The minimum absolute atomic E-state index is 0.316. The molecular formula is C28H28N2O4. The highest BCUT2D eigenvalue weighted by Gasteiger charge is 2.20. The van der Waals surface area contributed by atoms with Crippen molar-refractivity contribution in [2.75, 3.05) is 13.2 Å². The first-order chi connectivity index (χ1) is 16.7. The van der Waals surface area contributed by atoms with Crippen molar-refractivity contribution in [3.05, 3.63) is 107 Å². The maximum absolute atomic E-state index is 10.8. The van der Waals surface area contributed by atoms with Gasteiger partial charge in [-0.3, -0.25) is 15.3 Å². The number of aliphatic carboxylic acids is 1. The van der Waals surface area contributed by atoms with E-state index in [1.165, 1.54) is 5.56 Å². The van der Waals surface area contributed by atoms with Crippen LogP contribution in [0.25, 0.3) is 11.8 Å². The third kappa shape index (κ3) is 6.56. The first-order valence-electron chi connectivity index (χ1n) is 11.4. The van der Waals surface area contributed by atoms with Crippen LogP contribution in [0.5, 0.6) is 5.75 Å². The van der Waals surface area contributed by atoms with E-state index < -0.39 is 5.97 Å². The van der Waals surface area contributed by atoms with Crippen LogP contribution in [0.4, 0.5) is 0 Å². The number of rotatable bonds is 10. The molecule has 1 heterocycles. The average molecular weight is 457 g/mol. The summed E-state index contributed by atoms with van der Waals surface area (Å²) in [7, 11) is 0. The van der Waals surface area contributed by atoms with Crippen LogP contribution < -0.4 is 10.2 Å². The van der Waals surface area contributed by atoms with Gasteiger partial charge >= 0.3 is 5.97 Å². The van der Waals surface area contributed by atoms with Crippen LogP contribution in [0, 0.1) is 5.92 Å². The van der Waals surface area contributed by atoms with Crippen LogP contribution in [0.15, 0.2) is 85.2 Å². The maximum atomic E-state index is 10.8. The molecule has 1 aliphatic carbocycles. The largest absolute Gasteiger partial charge is 0.482 e. The Morgan fingerprint density at radius 3 is 2.79 bits per heavy atom. The summed E-state index contributed by atoms with van der Waals surface area (Å²) >= 11 is 0. The molecule has 0 saturated heterocycles. The third-order valence-corrected chi connectivity index (χ3v) is 5.68. The SMILES string of the molecule is O=C(O)COc1cccc2c1CCC(C=CCONC(=Cc1ccccc1)c1cccnc1)C2. The summed E-state index contributed by atoms with van der Waals surface area (Å²) in [5.41, 5.74) is 8.27. The summed E-state index contributed by atoms with van der Waals surface area (Å²) in [5.74, 6) is 0.125. The van der Waals surface area contributed by atoms with Crippen LogP contribution in [-0.4, -0.2) is 29.3 Å². The predicted octanol–water partition coefficient (Wildman–Crippen LogP) is 4.93. The van der Waals surface area contributed by atoms with Gasteiger partial charge in [-0.25, -0.2) is 4.79 Å². The molecule has 2 aromatic carbocycles. The number of hydrogen-bond donors (Lipinski definition) is 2. The number of benzene rings is 2. The molecule has 2 N–H and O–H groups in total. The number of hydroxylamine groups is 1. The minimum Gasteiger partial charge on any atom is -0.482 e. The van der Waals surface area contributed by atoms with Crippen molar-refractivity contribution in [3.8, 4) is 5.75 Å². The number of fused-ring (bicyclic) bond motifs is 1. The second-order valence-corrected chi connectivity index (χ2v) is 8.13. The summed E-state index contributed by atoms with van der Waals surface area (Å²) in [6.45, 7) is 0.112. The van der Waals surface area contributed by atoms with E-state index in [9.17, 15) is 4.79 Å². The Bertz CT molecular complexity index is 1140. The van der Waals surface area contributed by atoms with Crippen LogP contribution >= 0.6 is 0 Å². The van der Waals surface area contributed by atoms with Gasteiger partial charge < -0.3 is 9.84 Å². The first kappa shape index (κ1) is 23.3. The van der Waals surface area contributed by atoms with Crippen molar-refractivity contribution in [2.24, 2.45) is 5.92 Å². The zero-order valence-electron chi connectivity index (χ0n) is 18.9. The lowest BCUT2D eigenvalue weighted by atomic mass is 9.83. The molecule has 4 rings (SSSR count). The molecule has 0 aliphatic heterocycles. The van der Waals surface area contributed by atoms with E-state index in [1.54, 1.807) is 12.4 Å². The number of carbonyl (C=O) groups is 1.